The van der Waals surface area contributed by atoms with Gasteiger partial charge in [-0.05, 0) is 13.0 Å². The van der Waals surface area contributed by atoms with E-state index in [0.717, 1.165) is 18.1 Å². The zero-order valence-corrected chi connectivity index (χ0v) is 8.79. The van der Waals surface area contributed by atoms with E-state index in [1.54, 1.807) is 12.5 Å². The van der Waals surface area contributed by atoms with Gasteiger partial charge in [-0.3, -0.25) is 0 Å². The van der Waals surface area contributed by atoms with Crippen LogP contribution in [-0.2, 0) is 6.54 Å². The van der Waals surface area contributed by atoms with Crippen molar-refractivity contribution in [2.45, 2.75) is 13.5 Å². The number of hydrogen-bond donors (Lipinski definition) is 2. The third kappa shape index (κ3) is 4.23. The molecule has 0 saturated carbocycles. The largest absolute Gasteiger partial charge is 0.472 e. The Kier molecular flexibility index (Phi) is 4.88. The van der Waals surface area contributed by atoms with Crippen LogP contribution < -0.4 is 10.6 Å². The van der Waals surface area contributed by atoms with E-state index < -0.39 is 0 Å². The summed E-state index contributed by atoms with van der Waals surface area (Å²) in [5, 5.41) is 6.10. The summed E-state index contributed by atoms with van der Waals surface area (Å²) in [4.78, 5) is 4.33. The van der Waals surface area contributed by atoms with Crippen LogP contribution >= 0.6 is 0 Å². The second kappa shape index (κ2) is 6.55. The van der Waals surface area contributed by atoms with Crippen LogP contribution in [0.4, 0.5) is 0 Å². The maximum atomic E-state index is 5.15. The Hall–Kier alpha value is -1.89. The summed E-state index contributed by atoms with van der Waals surface area (Å²) >= 11 is 0. The fourth-order valence-electron chi connectivity index (χ4n) is 1.03. The SMILES string of the molecule is C#CCNC(=NCc1ccoc1)NCC. The number of aliphatic imine (C=N–C) groups is 1. The Morgan fingerprint density at radius 3 is 3.07 bits per heavy atom. The summed E-state index contributed by atoms with van der Waals surface area (Å²) in [6.07, 6.45) is 8.46. The molecule has 1 aromatic heterocycles. The molecule has 0 amide bonds. The van der Waals surface area contributed by atoms with Gasteiger partial charge in [0, 0.05) is 12.1 Å². The van der Waals surface area contributed by atoms with E-state index in [0.29, 0.717) is 13.1 Å². The van der Waals surface area contributed by atoms with Crippen LogP contribution in [0.1, 0.15) is 12.5 Å². The average molecular weight is 205 g/mol. The third-order valence-corrected chi connectivity index (χ3v) is 1.70. The summed E-state index contributed by atoms with van der Waals surface area (Å²) in [6, 6.07) is 1.88. The molecule has 0 aliphatic heterocycles. The smallest absolute Gasteiger partial charge is 0.192 e. The number of rotatable bonds is 4. The molecule has 4 nitrogen and oxygen atoms in total. The molecule has 1 rings (SSSR count). The Labute approximate surface area is 89.8 Å². The summed E-state index contributed by atoms with van der Waals surface area (Å²) in [6.45, 7) is 3.86. The van der Waals surface area contributed by atoms with Crippen molar-refractivity contribution >= 4 is 5.96 Å². The Morgan fingerprint density at radius 2 is 2.47 bits per heavy atom. The molecule has 0 unspecified atom stereocenters. The maximum Gasteiger partial charge on any atom is 0.192 e. The van der Waals surface area contributed by atoms with Gasteiger partial charge in [-0.2, -0.15) is 0 Å². The van der Waals surface area contributed by atoms with E-state index in [1.165, 1.54) is 0 Å². The molecule has 0 spiro atoms. The first kappa shape index (κ1) is 11.2. The molecule has 0 fully saturated rings. The second-order valence-corrected chi connectivity index (χ2v) is 2.88. The minimum absolute atomic E-state index is 0.469. The van der Waals surface area contributed by atoms with Gasteiger partial charge in [-0.15, -0.1) is 6.42 Å². The van der Waals surface area contributed by atoms with Gasteiger partial charge >= 0.3 is 0 Å². The van der Waals surface area contributed by atoms with Crippen LogP contribution in [0.2, 0.25) is 0 Å². The highest BCUT2D eigenvalue weighted by Crippen LogP contribution is 2.00. The van der Waals surface area contributed by atoms with Crippen molar-refractivity contribution in [3.8, 4) is 12.3 Å². The quantitative estimate of drug-likeness (QED) is 0.437. The number of furan rings is 1. The van der Waals surface area contributed by atoms with Crippen LogP contribution in [0.25, 0.3) is 0 Å². The molecule has 80 valence electrons. The predicted octanol–water partition coefficient (Wildman–Crippen LogP) is 0.968. The number of terminal acetylenes is 1. The molecule has 0 atom stereocenters. The number of nitrogens with zero attached hydrogens (tertiary/aromatic N) is 1. The predicted molar refractivity (Wildman–Crippen MR) is 60.4 cm³/mol. The van der Waals surface area contributed by atoms with Crippen molar-refractivity contribution in [2.75, 3.05) is 13.1 Å². The molecule has 1 heterocycles. The topological polar surface area (TPSA) is 49.6 Å². The Balaban J connectivity index is 2.47. The summed E-state index contributed by atoms with van der Waals surface area (Å²) < 4.78 is 4.95. The standard InChI is InChI=1S/C11H15N3O/c1-3-6-13-11(12-4-2)14-8-10-5-7-15-9-10/h1,5,7,9H,4,6,8H2,2H3,(H2,12,13,14). The molecule has 2 N–H and O–H groups in total. The van der Waals surface area contributed by atoms with Crippen molar-refractivity contribution in [3.05, 3.63) is 24.2 Å². The van der Waals surface area contributed by atoms with E-state index in [4.69, 9.17) is 10.8 Å². The summed E-state index contributed by atoms with van der Waals surface area (Å²) in [5.41, 5.74) is 1.04. The monoisotopic (exact) mass is 205 g/mol. The number of hydrogen-bond acceptors (Lipinski definition) is 2. The lowest BCUT2D eigenvalue weighted by Gasteiger charge is -2.07. The lowest BCUT2D eigenvalue weighted by Crippen LogP contribution is -2.37. The highest BCUT2D eigenvalue weighted by Gasteiger charge is 1.96. The Morgan fingerprint density at radius 1 is 1.60 bits per heavy atom. The van der Waals surface area contributed by atoms with Gasteiger partial charge in [-0.25, -0.2) is 4.99 Å². The Bertz CT molecular complexity index is 335. The first-order valence-corrected chi connectivity index (χ1v) is 4.83. The van der Waals surface area contributed by atoms with E-state index >= 15 is 0 Å². The molecule has 0 aromatic carbocycles. The van der Waals surface area contributed by atoms with Gasteiger partial charge in [-0.1, -0.05) is 5.92 Å². The zero-order chi connectivity index (χ0) is 10.9. The van der Waals surface area contributed by atoms with Crippen molar-refractivity contribution in [3.63, 3.8) is 0 Å². The second-order valence-electron chi connectivity index (χ2n) is 2.88. The highest BCUT2D eigenvalue weighted by atomic mass is 16.3. The van der Waals surface area contributed by atoms with E-state index in [9.17, 15) is 0 Å². The lowest BCUT2D eigenvalue weighted by atomic mass is 10.3. The van der Waals surface area contributed by atoms with Gasteiger partial charge in [0.05, 0.1) is 25.6 Å². The van der Waals surface area contributed by atoms with Crippen LogP contribution in [-0.4, -0.2) is 19.0 Å². The van der Waals surface area contributed by atoms with E-state index in [1.807, 2.05) is 13.0 Å². The third-order valence-electron chi connectivity index (χ3n) is 1.70. The van der Waals surface area contributed by atoms with Crippen LogP contribution in [0, 0.1) is 12.3 Å². The van der Waals surface area contributed by atoms with Gasteiger partial charge in [0.1, 0.15) is 0 Å². The molecule has 1 aromatic rings. The van der Waals surface area contributed by atoms with E-state index in [2.05, 4.69) is 21.5 Å². The zero-order valence-electron chi connectivity index (χ0n) is 8.79. The summed E-state index contributed by atoms with van der Waals surface area (Å²) in [5.74, 6) is 3.22. The molecule has 4 heteroatoms. The summed E-state index contributed by atoms with van der Waals surface area (Å²) in [7, 11) is 0. The van der Waals surface area contributed by atoms with Crippen molar-refractivity contribution in [2.24, 2.45) is 4.99 Å². The molecule has 0 saturated heterocycles. The van der Waals surface area contributed by atoms with Crippen LogP contribution in [0.3, 0.4) is 0 Å². The van der Waals surface area contributed by atoms with Gasteiger partial charge < -0.3 is 15.1 Å². The minimum Gasteiger partial charge on any atom is -0.472 e. The van der Waals surface area contributed by atoms with Crippen LogP contribution in [0.5, 0.6) is 0 Å². The van der Waals surface area contributed by atoms with Crippen LogP contribution in [0.15, 0.2) is 28.0 Å². The highest BCUT2D eigenvalue weighted by molar-refractivity contribution is 5.79. The van der Waals surface area contributed by atoms with Gasteiger partial charge in [0.15, 0.2) is 5.96 Å². The van der Waals surface area contributed by atoms with Gasteiger partial charge in [0.2, 0.25) is 0 Å². The first-order chi connectivity index (χ1) is 7.36. The molecule has 0 radical (unpaired) electrons. The fourth-order valence-corrected chi connectivity index (χ4v) is 1.03. The minimum atomic E-state index is 0.469. The fraction of sp³-hybridized carbons (Fsp3) is 0.364. The normalized spacial score (nSPS) is 10.8. The molecular formula is C11H15N3O. The van der Waals surface area contributed by atoms with Crippen molar-refractivity contribution < 1.29 is 4.42 Å². The number of guanidine groups is 1. The molecule has 0 aliphatic carbocycles. The van der Waals surface area contributed by atoms with Crippen molar-refractivity contribution in [1.29, 1.82) is 0 Å². The molecule has 0 bridgehead atoms. The molecule has 0 aliphatic rings. The molecule has 15 heavy (non-hydrogen) atoms. The van der Waals surface area contributed by atoms with E-state index in [-0.39, 0.29) is 0 Å². The van der Waals surface area contributed by atoms with Crippen molar-refractivity contribution in [1.82, 2.24) is 10.6 Å². The maximum absolute atomic E-state index is 5.15. The first-order valence-electron chi connectivity index (χ1n) is 4.83. The number of nitrogens with one attached hydrogen (secondary N) is 2. The molecular weight excluding hydrogens is 190 g/mol. The lowest BCUT2D eigenvalue weighted by molar-refractivity contribution is 0.564. The average Bonchev–Trinajstić information content (AvgIpc) is 2.75. The van der Waals surface area contributed by atoms with Gasteiger partial charge in [0.25, 0.3) is 0 Å².